The number of methoxy groups -OCH3 is 1. The van der Waals surface area contributed by atoms with Crippen molar-refractivity contribution in [1.29, 1.82) is 0 Å². The van der Waals surface area contributed by atoms with Gasteiger partial charge in [0.25, 0.3) is 0 Å². The number of carbonyl (C=O) groups excluding carboxylic acids is 1. The van der Waals surface area contributed by atoms with Crippen LogP contribution in [0.4, 0.5) is 5.69 Å². The Kier molecular flexibility index (Phi) is 5.54. The van der Waals surface area contributed by atoms with Crippen LogP contribution in [0.25, 0.3) is 11.3 Å². The van der Waals surface area contributed by atoms with Gasteiger partial charge in [-0.15, -0.1) is 0 Å². The van der Waals surface area contributed by atoms with Gasteiger partial charge in [-0.2, -0.15) is 0 Å². The highest BCUT2D eigenvalue weighted by molar-refractivity contribution is 7.80. The molecule has 2 aliphatic rings. The van der Waals surface area contributed by atoms with Gasteiger partial charge >= 0.3 is 5.97 Å². The number of furan rings is 1. The van der Waals surface area contributed by atoms with E-state index in [0.29, 0.717) is 39.3 Å². The lowest BCUT2D eigenvalue weighted by molar-refractivity contribution is 0.0601. The number of benzene rings is 2. The highest BCUT2D eigenvalue weighted by Crippen LogP contribution is 2.45. The first kappa shape index (κ1) is 22.1. The van der Waals surface area contributed by atoms with Crippen molar-refractivity contribution in [2.45, 2.75) is 12.1 Å². The average molecular weight is 500 g/mol. The highest BCUT2D eigenvalue weighted by Gasteiger charge is 2.43. The number of nitrogens with zero attached hydrogens (tertiary/aromatic N) is 2. The van der Waals surface area contributed by atoms with Crippen LogP contribution in [0.2, 0.25) is 0 Å². The monoisotopic (exact) mass is 499 g/mol. The van der Waals surface area contributed by atoms with Gasteiger partial charge in [0.2, 0.25) is 6.79 Å². The van der Waals surface area contributed by atoms with E-state index in [1.165, 1.54) is 7.11 Å². The van der Waals surface area contributed by atoms with Gasteiger partial charge in [-0.05, 0) is 54.7 Å². The summed E-state index contributed by atoms with van der Waals surface area (Å²) in [5.41, 5.74) is 2.72. The zero-order valence-electron chi connectivity index (χ0n) is 19.2. The van der Waals surface area contributed by atoms with Gasteiger partial charge < -0.3 is 28.8 Å². The Morgan fingerprint density at radius 2 is 1.89 bits per heavy atom. The van der Waals surface area contributed by atoms with E-state index < -0.39 is 5.97 Å². The summed E-state index contributed by atoms with van der Waals surface area (Å²) in [4.78, 5) is 18.9. The number of esters is 1. The molecule has 1 fully saturated rings. The Balaban J connectivity index is 1.45. The molecule has 36 heavy (non-hydrogen) atoms. The molecule has 1 N–H and O–H groups in total. The largest absolute Gasteiger partial charge is 0.465 e. The Hall–Kier alpha value is -4.37. The number of ether oxygens (including phenoxy) is 3. The zero-order chi connectivity index (χ0) is 24.6. The first-order chi connectivity index (χ1) is 17.6. The number of thiocarbonyl (C=S) groups is 1. The Morgan fingerprint density at radius 3 is 2.72 bits per heavy atom. The number of hydrogen-bond acceptors (Lipinski definition) is 7. The number of rotatable bonds is 5. The number of fused-ring (bicyclic) bond motifs is 1. The van der Waals surface area contributed by atoms with Crippen molar-refractivity contribution in [3.05, 3.63) is 96.0 Å². The van der Waals surface area contributed by atoms with E-state index >= 15 is 0 Å². The van der Waals surface area contributed by atoms with Crippen LogP contribution < -0.4 is 19.7 Å². The minimum absolute atomic E-state index is 0.183. The summed E-state index contributed by atoms with van der Waals surface area (Å²) in [6, 6.07) is 21.8. The number of aromatic nitrogens is 1. The molecule has 1 saturated heterocycles. The standard InChI is InChI=1S/C27H21N3O5S/c1-32-26(31)18-7-3-2-6-17(18)20-11-12-22(35-20)25-24(19-8-4-5-13-28-19)29-27(36)30(25)16-9-10-21-23(14-16)34-15-33-21/h2-14,24-25H,15H2,1H3,(H,29,36)/t24-,25-/m0/s1. The molecule has 0 unspecified atom stereocenters. The van der Waals surface area contributed by atoms with Crippen molar-refractivity contribution in [3.63, 3.8) is 0 Å². The van der Waals surface area contributed by atoms with Crippen LogP contribution in [0.1, 0.15) is 33.9 Å². The lowest BCUT2D eigenvalue weighted by Crippen LogP contribution is -2.29. The minimum Gasteiger partial charge on any atom is -0.465 e. The predicted octanol–water partition coefficient (Wildman–Crippen LogP) is 5.03. The molecule has 2 aromatic heterocycles. The molecule has 6 rings (SSSR count). The predicted molar refractivity (Wildman–Crippen MR) is 136 cm³/mol. The SMILES string of the molecule is COC(=O)c1ccccc1-c1ccc([C@H]2[C@H](c3ccccn3)NC(=S)N2c2ccc3c(c2)OCO3)o1. The number of anilines is 1. The van der Waals surface area contributed by atoms with Crippen molar-refractivity contribution in [2.24, 2.45) is 0 Å². The quantitative estimate of drug-likeness (QED) is 0.300. The number of nitrogens with one attached hydrogen (secondary N) is 1. The van der Waals surface area contributed by atoms with Crippen LogP contribution in [-0.2, 0) is 4.74 Å². The van der Waals surface area contributed by atoms with Gasteiger partial charge in [0.15, 0.2) is 16.6 Å². The van der Waals surface area contributed by atoms with E-state index in [-0.39, 0.29) is 18.9 Å². The van der Waals surface area contributed by atoms with Crippen LogP contribution in [0.15, 0.2) is 83.4 Å². The molecule has 0 spiro atoms. The smallest absolute Gasteiger partial charge is 0.338 e. The van der Waals surface area contributed by atoms with Crippen molar-refractivity contribution in [3.8, 4) is 22.8 Å². The van der Waals surface area contributed by atoms with Crippen LogP contribution in [-0.4, -0.2) is 30.0 Å². The highest BCUT2D eigenvalue weighted by atomic mass is 32.1. The summed E-state index contributed by atoms with van der Waals surface area (Å²) in [5.74, 6) is 2.12. The maximum Gasteiger partial charge on any atom is 0.338 e. The zero-order valence-corrected chi connectivity index (χ0v) is 20.0. The van der Waals surface area contributed by atoms with Crippen molar-refractivity contribution >= 4 is 29.0 Å². The van der Waals surface area contributed by atoms with Gasteiger partial charge in [0, 0.05) is 23.5 Å². The summed E-state index contributed by atoms with van der Waals surface area (Å²) in [6.45, 7) is 0.183. The fourth-order valence-electron chi connectivity index (χ4n) is 4.60. The van der Waals surface area contributed by atoms with Crippen molar-refractivity contribution in [2.75, 3.05) is 18.8 Å². The molecule has 4 aromatic rings. The summed E-state index contributed by atoms with van der Waals surface area (Å²) in [6.07, 6.45) is 1.75. The maximum atomic E-state index is 12.4. The van der Waals surface area contributed by atoms with Crippen LogP contribution in [0.3, 0.4) is 0 Å². The second-order valence-electron chi connectivity index (χ2n) is 8.27. The molecule has 0 amide bonds. The fourth-order valence-corrected chi connectivity index (χ4v) is 4.95. The summed E-state index contributed by atoms with van der Waals surface area (Å²) in [7, 11) is 1.36. The van der Waals surface area contributed by atoms with E-state index in [1.807, 2.05) is 65.6 Å². The van der Waals surface area contributed by atoms with E-state index in [0.717, 1.165) is 11.4 Å². The van der Waals surface area contributed by atoms with Crippen molar-refractivity contribution < 1.29 is 23.4 Å². The first-order valence-electron chi connectivity index (χ1n) is 11.3. The number of carbonyl (C=O) groups is 1. The van der Waals surface area contributed by atoms with E-state index in [4.69, 9.17) is 30.8 Å². The Labute approximate surface area is 212 Å². The van der Waals surface area contributed by atoms with E-state index in [9.17, 15) is 4.79 Å². The fraction of sp³-hybridized carbons (Fsp3) is 0.148. The van der Waals surface area contributed by atoms with E-state index in [1.54, 1.807) is 18.3 Å². The topological polar surface area (TPSA) is 86.1 Å². The third-order valence-corrected chi connectivity index (χ3v) is 6.56. The second kappa shape index (κ2) is 9.01. The maximum absolute atomic E-state index is 12.4. The molecule has 0 aliphatic carbocycles. The molecule has 2 aromatic carbocycles. The molecular weight excluding hydrogens is 478 g/mol. The minimum atomic E-state index is -0.430. The molecule has 180 valence electrons. The Bertz CT molecular complexity index is 1450. The molecule has 0 saturated carbocycles. The van der Waals surface area contributed by atoms with Crippen LogP contribution in [0, 0.1) is 0 Å². The molecule has 2 atom stereocenters. The van der Waals surface area contributed by atoms with Gasteiger partial charge in [-0.1, -0.05) is 24.3 Å². The molecular formula is C27H21N3O5S. The lowest BCUT2D eigenvalue weighted by atomic mass is 10.0. The number of hydrogen-bond donors (Lipinski definition) is 1. The van der Waals surface area contributed by atoms with Crippen molar-refractivity contribution in [1.82, 2.24) is 10.3 Å². The lowest BCUT2D eigenvalue weighted by Gasteiger charge is -2.26. The van der Waals surface area contributed by atoms with Gasteiger partial charge in [0.05, 0.1) is 24.4 Å². The summed E-state index contributed by atoms with van der Waals surface area (Å²) < 4.78 is 22.4. The second-order valence-corrected chi connectivity index (χ2v) is 8.66. The van der Waals surface area contributed by atoms with Gasteiger partial charge in [-0.3, -0.25) is 4.98 Å². The molecule has 9 heteroatoms. The van der Waals surface area contributed by atoms with Gasteiger partial charge in [-0.25, -0.2) is 4.79 Å². The van der Waals surface area contributed by atoms with E-state index in [2.05, 4.69) is 10.3 Å². The van der Waals surface area contributed by atoms with Crippen LogP contribution >= 0.6 is 12.2 Å². The molecule has 0 radical (unpaired) electrons. The third kappa shape index (κ3) is 3.74. The summed E-state index contributed by atoms with van der Waals surface area (Å²) >= 11 is 5.79. The summed E-state index contributed by atoms with van der Waals surface area (Å²) in [5, 5.41) is 3.94. The Morgan fingerprint density at radius 1 is 1.06 bits per heavy atom. The molecule has 2 aliphatic heterocycles. The molecule has 4 heterocycles. The third-order valence-electron chi connectivity index (χ3n) is 6.25. The first-order valence-corrected chi connectivity index (χ1v) is 11.7. The normalized spacial score (nSPS) is 18.2. The average Bonchev–Trinajstić information content (AvgIpc) is 3.66. The number of pyridine rings is 1. The molecule has 8 nitrogen and oxygen atoms in total. The molecule has 0 bridgehead atoms. The van der Waals surface area contributed by atoms with Gasteiger partial charge in [0.1, 0.15) is 17.6 Å². The van der Waals surface area contributed by atoms with Crippen LogP contribution in [0.5, 0.6) is 11.5 Å².